The van der Waals surface area contributed by atoms with Gasteiger partial charge in [-0.05, 0) is 19.1 Å². The van der Waals surface area contributed by atoms with E-state index < -0.39 is 10.0 Å². The van der Waals surface area contributed by atoms with Crippen molar-refractivity contribution in [3.63, 3.8) is 0 Å². The molecule has 0 saturated heterocycles. The molecule has 8 nitrogen and oxygen atoms in total. The van der Waals surface area contributed by atoms with Gasteiger partial charge < -0.3 is 9.30 Å². The van der Waals surface area contributed by atoms with Crippen LogP contribution in [0.4, 0.5) is 5.69 Å². The second kappa shape index (κ2) is 6.25. The molecule has 0 aliphatic heterocycles. The van der Waals surface area contributed by atoms with E-state index in [-0.39, 0.29) is 0 Å². The van der Waals surface area contributed by atoms with Crippen molar-refractivity contribution >= 4 is 15.7 Å². The average Bonchev–Trinajstić information content (AvgIpc) is 3.13. The van der Waals surface area contributed by atoms with Gasteiger partial charge >= 0.3 is 0 Å². The Morgan fingerprint density at radius 3 is 2.64 bits per heavy atom. The first-order valence-electron chi connectivity index (χ1n) is 7.48. The van der Waals surface area contributed by atoms with Crippen molar-refractivity contribution < 1.29 is 13.2 Å². The SMILES string of the molecule is COc1cc(-n2ccnc2-c2cn(C)c(C)n2)ccc1NS(C)(=O)=O. The molecule has 0 atom stereocenters. The minimum atomic E-state index is -3.39. The molecular formula is C16H19N5O3S. The smallest absolute Gasteiger partial charge is 0.229 e. The summed E-state index contributed by atoms with van der Waals surface area (Å²) in [5.41, 5.74) is 1.91. The van der Waals surface area contributed by atoms with Crippen LogP contribution in [0.25, 0.3) is 17.2 Å². The summed E-state index contributed by atoms with van der Waals surface area (Å²) in [7, 11) is 0.0225. The number of nitrogens with one attached hydrogen (secondary N) is 1. The molecule has 0 aliphatic carbocycles. The number of hydrogen-bond acceptors (Lipinski definition) is 5. The largest absolute Gasteiger partial charge is 0.494 e. The van der Waals surface area contributed by atoms with Crippen LogP contribution < -0.4 is 9.46 Å². The topological polar surface area (TPSA) is 91.0 Å². The monoisotopic (exact) mass is 361 g/mol. The molecule has 3 aromatic rings. The predicted molar refractivity (Wildman–Crippen MR) is 95.5 cm³/mol. The van der Waals surface area contributed by atoms with Gasteiger partial charge in [-0.15, -0.1) is 0 Å². The first kappa shape index (κ1) is 17.0. The summed E-state index contributed by atoms with van der Waals surface area (Å²) >= 11 is 0. The van der Waals surface area contributed by atoms with Crippen LogP contribution in [0, 0.1) is 6.92 Å². The number of nitrogens with zero attached hydrogens (tertiary/aromatic N) is 4. The van der Waals surface area contributed by atoms with Gasteiger partial charge in [0.05, 0.1) is 24.7 Å². The van der Waals surface area contributed by atoms with Crippen LogP contribution in [-0.4, -0.2) is 40.9 Å². The van der Waals surface area contributed by atoms with E-state index in [4.69, 9.17) is 4.74 Å². The van der Waals surface area contributed by atoms with E-state index in [1.807, 2.05) is 35.5 Å². The van der Waals surface area contributed by atoms with Gasteiger partial charge in [-0.2, -0.15) is 0 Å². The van der Waals surface area contributed by atoms with Gasteiger partial charge in [0.15, 0.2) is 5.82 Å². The van der Waals surface area contributed by atoms with Gasteiger partial charge in [0.25, 0.3) is 0 Å². The molecule has 0 amide bonds. The number of methoxy groups -OCH3 is 1. The molecule has 2 aromatic heterocycles. The summed E-state index contributed by atoms with van der Waals surface area (Å²) in [5.74, 6) is 1.99. The van der Waals surface area contributed by atoms with Gasteiger partial charge in [0.1, 0.15) is 17.3 Å². The lowest BCUT2D eigenvalue weighted by Gasteiger charge is -2.13. The molecular weight excluding hydrogens is 342 g/mol. The van der Waals surface area contributed by atoms with Crippen LogP contribution in [0.1, 0.15) is 5.82 Å². The molecule has 0 radical (unpaired) electrons. The maximum absolute atomic E-state index is 11.5. The van der Waals surface area contributed by atoms with Gasteiger partial charge in [-0.1, -0.05) is 0 Å². The van der Waals surface area contributed by atoms with Crippen LogP contribution in [0.15, 0.2) is 36.8 Å². The number of sulfonamides is 1. The maximum Gasteiger partial charge on any atom is 0.229 e. The van der Waals surface area contributed by atoms with E-state index in [1.165, 1.54) is 7.11 Å². The molecule has 0 spiro atoms. The predicted octanol–water partition coefficient (Wildman–Crippen LogP) is 1.96. The molecule has 9 heteroatoms. The third kappa shape index (κ3) is 3.50. The quantitative estimate of drug-likeness (QED) is 0.750. The van der Waals surface area contributed by atoms with Crippen molar-refractivity contribution in [3.8, 4) is 23.0 Å². The first-order chi connectivity index (χ1) is 11.8. The van der Waals surface area contributed by atoms with E-state index in [1.54, 1.807) is 24.4 Å². The molecule has 0 unspecified atom stereocenters. The minimum Gasteiger partial charge on any atom is -0.494 e. The average molecular weight is 361 g/mol. The number of imidazole rings is 2. The Bertz CT molecular complexity index is 1000. The van der Waals surface area contributed by atoms with Crippen LogP contribution in [-0.2, 0) is 17.1 Å². The Labute approximate surface area is 146 Å². The zero-order valence-electron chi connectivity index (χ0n) is 14.4. The van der Waals surface area contributed by atoms with Gasteiger partial charge in [-0.25, -0.2) is 18.4 Å². The summed E-state index contributed by atoms with van der Waals surface area (Å²) < 4.78 is 34.5. The van der Waals surface area contributed by atoms with Crippen LogP contribution in [0.5, 0.6) is 5.75 Å². The van der Waals surface area contributed by atoms with Crippen LogP contribution in [0.2, 0.25) is 0 Å². The normalized spacial score (nSPS) is 11.5. The van der Waals surface area contributed by atoms with Gasteiger partial charge in [-0.3, -0.25) is 9.29 Å². The van der Waals surface area contributed by atoms with Crippen molar-refractivity contribution in [2.75, 3.05) is 18.1 Å². The Balaban J connectivity index is 2.05. The lowest BCUT2D eigenvalue weighted by molar-refractivity contribution is 0.416. The fourth-order valence-corrected chi connectivity index (χ4v) is 3.05. The van der Waals surface area contributed by atoms with Crippen molar-refractivity contribution in [1.29, 1.82) is 0 Å². The number of anilines is 1. The fourth-order valence-electron chi connectivity index (χ4n) is 2.48. The molecule has 1 N–H and O–H groups in total. The standard InChI is InChI=1S/C16H19N5O3S/c1-11-18-14(10-20(11)2)16-17-7-8-21(16)12-5-6-13(15(9-12)24-3)19-25(4,22)23/h5-10,19H,1-4H3. The third-order valence-electron chi connectivity index (χ3n) is 3.74. The highest BCUT2D eigenvalue weighted by atomic mass is 32.2. The fraction of sp³-hybridized carbons (Fsp3) is 0.250. The zero-order valence-corrected chi connectivity index (χ0v) is 15.2. The van der Waals surface area contributed by atoms with E-state index in [9.17, 15) is 8.42 Å². The van der Waals surface area contributed by atoms with E-state index in [0.29, 0.717) is 17.3 Å². The number of hydrogen-bond donors (Lipinski definition) is 1. The Kier molecular flexibility index (Phi) is 4.25. The Hall–Kier alpha value is -2.81. The molecule has 1 aromatic carbocycles. The lowest BCUT2D eigenvalue weighted by Crippen LogP contribution is -2.10. The third-order valence-corrected chi connectivity index (χ3v) is 4.33. The lowest BCUT2D eigenvalue weighted by atomic mass is 10.2. The molecule has 2 heterocycles. The summed E-state index contributed by atoms with van der Waals surface area (Å²) in [6.45, 7) is 1.92. The molecule has 0 saturated carbocycles. The second-order valence-electron chi connectivity index (χ2n) is 5.66. The molecule has 0 fully saturated rings. The number of aromatic nitrogens is 4. The minimum absolute atomic E-state index is 0.379. The molecule has 0 aliphatic rings. The Morgan fingerprint density at radius 1 is 1.28 bits per heavy atom. The first-order valence-corrected chi connectivity index (χ1v) is 9.37. The number of rotatable bonds is 5. The van der Waals surface area contributed by atoms with Crippen molar-refractivity contribution in [1.82, 2.24) is 19.1 Å². The molecule has 132 valence electrons. The van der Waals surface area contributed by atoms with E-state index >= 15 is 0 Å². The van der Waals surface area contributed by atoms with E-state index in [0.717, 1.165) is 23.5 Å². The highest BCUT2D eigenvalue weighted by Gasteiger charge is 2.14. The van der Waals surface area contributed by atoms with Gasteiger partial charge in [0, 0.05) is 31.7 Å². The van der Waals surface area contributed by atoms with Crippen molar-refractivity contribution in [3.05, 3.63) is 42.6 Å². The molecule has 0 bridgehead atoms. The number of aryl methyl sites for hydroxylation is 2. The Morgan fingerprint density at radius 2 is 2.04 bits per heavy atom. The van der Waals surface area contributed by atoms with Crippen LogP contribution >= 0.6 is 0 Å². The molecule has 25 heavy (non-hydrogen) atoms. The van der Waals surface area contributed by atoms with Crippen molar-refractivity contribution in [2.24, 2.45) is 7.05 Å². The number of benzene rings is 1. The van der Waals surface area contributed by atoms with Crippen molar-refractivity contribution in [2.45, 2.75) is 6.92 Å². The summed E-state index contributed by atoms with van der Waals surface area (Å²) in [4.78, 5) is 8.89. The maximum atomic E-state index is 11.5. The van der Waals surface area contributed by atoms with Crippen LogP contribution in [0.3, 0.4) is 0 Å². The summed E-state index contributed by atoms with van der Waals surface area (Å²) in [6.07, 6.45) is 6.51. The van der Waals surface area contributed by atoms with E-state index in [2.05, 4.69) is 14.7 Å². The molecule has 3 rings (SSSR count). The second-order valence-corrected chi connectivity index (χ2v) is 7.41. The highest BCUT2D eigenvalue weighted by Crippen LogP contribution is 2.30. The highest BCUT2D eigenvalue weighted by molar-refractivity contribution is 7.92. The number of ether oxygens (including phenoxy) is 1. The van der Waals surface area contributed by atoms with Gasteiger partial charge in [0.2, 0.25) is 10.0 Å². The summed E-state index contributed by atoms with van der Waals surface area (Å²) in [6, 6.07) is 5.19. The zero-order chi connectivity index (χ0) is 18.2. The summed E-state index contributed by atoms with van der Waals surface area (Å²) in [5, 5.41) is 0.